The molecule has 11 heavy (non-hydrogen) atoms. The van der Waals surface area contributed by atoms with E-state index in [1.54, 1.807) is 0 Å². The first-order chi connectivity index (χ1) is 5.36. The van der Waals surface area contributed by atoms with Crippen LogP contribution in [0, 0.1) is 12.3 Å². The van der Waals surface area contributed by atoms with Gasteiger partial charge in [-0.1, -0.05) is 5.92 Å². The van der Waals surface area contributed by atoms with Gasteiger partial charge in [0.25, 0.3) is 0 Å². The van der Waals surface area contributed by atoms with Gasteiger partial charge in [0.15, 0.2) is 0 Å². The minimum Gasteiger partial charge on any atom is -0.374 e. The highest BCUT2D eigenvalue weighted by molar-refractivity contribution is 4.89. The average molecular weight is 154 g/mol. The monoisotopic (exact) mass is 154 g/mol. The van der Waals surface area contributed by atoms with Crippen LogP contribution in [-0.2, 0) is 4.74 Å². The topological polar surface area (TPSA) is 38.5 Å². The Morgan fingerprint density at radius 1 is 1.73 bits per heavy atom. The van der Waals surface area contributed by atoms with E-state index < -0.39 is 0 Å². The Balaban J connectivity index is 2.28. The second-order valence-electron chi connectivity index (χ2n) is 2.67. The van der Waals surface area contributed by atoms with E-state index in [0.29, 0.717) is 13.1 Å². The SMILES string of the molecule is C#CCN1CCOC(CN)C1. The number of nitrogens with two attached hydrogens (primary N) is 1. The maximum atomic E-state index is 5.46. The first kappa shape index (κ1) is 8.54. The molecule has 0 saturated carbocycles. The zero-order valence-corrected chi connectivity index (χ0v) is 6.62. The quantitative estimate of drug-likeness (QED) is 0.533. The standard InChI is InChI=1S/C8H14N2O/c1-2-3-10-4-5-11-8(6-9)7-10/h1,8H,3-7,9H2. The van der Waals surface area contributed by atoms with Crippen LogP contribution in [-0.4, -0.2) is 43.8 Å². The third kappa shape index (κ3) is 2.51. The molecule has 0 amide bonds. The molecule has 1 heterocycles. The lowest BCUT2D eigenvalue weighted by molar-refractivity contribution is -0.0183. The van der Waals surface area contributed by atoms with Gasteiger partial charge in [0, 0.05) is 19.6 Å². The lowest BCUT2D eigenvalue weighted by atomic mass is 10.3. The molecule has 1 rings (SSSR count). The number of rotatable bonds is 2. The Morgan fingerprint density at radius 3 is 3.18 bits per heavy atom. The van der Waals surface area contributed by atoms with Crippen LogP contribution in [0.25, 0.3) is 0 Å². The van der Waals surface area contributed by atoms with Crippen LogP contribution in [0.2, 0.25) is 0 Å². The van der Waals surface area contributed by atoms with Crippen LogP contribution in [0.15, 0.2) is 0 Å². The third-order valence-electron chi connectivity index (χ3n) is 1.80. The maximum absolute atomic E-state index is 5.46. The van der Waals surface area contributed by atoms with E-state index in [9.17, 15) is 0 Å². The van der Waals surface area contributed by atoms with Crippen LogP contribution in [0.1, 0.15) is 0 Å². The molecule has 1 saturated heterocycles. The Kier molecular flexibility index (Phi) is 3.37. The predicted octanol–water partition coefficient (Wildman–Crippen LogP) is -0.721. The van der Waals surface area contributed by atoms with Crippen molar-refractivity contribution in [3.63, 3.8) is 0 Å². The van der Waals surface area contributed by atoms with Gasteiger partial charge in [0.2, 0.25) is 0 Å². The fourth-order valence-corrected chi connectivity index (χ4v) is 1.20. The molecule has 0 aromatic heterocycles. The largest absolute Gasteiger partial charge is 0.374 e. The number of morpholine rings is 1. The zero-order chi connectivity index (χ0) is 8.10. The van der Waals surface area contributed by atoms with Crippen LogP contribution in [0.5, 0.6) is 0 Å². The van der Waals surface area contributed by atoms with E-state index in [1.807, 2.05) is 0 Å². The van der Waals surface area contributed by atoms with Crippen LogP contribution < -0.4 is 5.73 Å². The summed E-state index contributed by atoms with van der Waals surface area (Å²) in [5.41, 5.74) is 5.46. The summed E-state index contributed by atoms with van der Waals surface area (Å²) in [6, 6.07) is 0. The number of hydrogen-bond donors (Lipinski definition) is 1. The Morgan fingerprint density at radius 2 is 2.55 bits per heavy atom. The summed E-state index contributed by atoms with van der Waals surface area (Å²) >= 11 is 0. The molecule has 0 spiro atoms. The first-order valence-electron chi connectivity index (χ1n) is 3.84. The summed E-state index contributed by atoms with van der Waals surface area (Å²) in [7, 11) is 0. The van der Waals surface area contributed by atoms with Gasteiger partial charge in [-0.15, -0.1) is 6.42 Å². The van der Waals surface area contributed by atoms with Crippen molar-refractivity contribution in [2.75, 3.05) is 32.8 Å². The molecule has 1 unspecified atom stereocenters. The first-order valence-corrected chi connectivity index (χ1v) is 3.84. The van der Waals surface area contributed by atoms with E-state index in [2.05, 4.69) is 10.8 Å². The number of hydrogen-bond acceptors (Lipinski definition) is 3. The van der Waals surface area contributed by atoms with Gasteiger partial charge in [-0.25, -0.2) is 0 Å². The van der Waals surface area contributed by atoms with Gasteiger partial charge >= 0.3 is 0 Å². The fraction of sp³-hybridized carbons (Fsp3) is 0.750. The van der Waals surface area contributed by atoms with Gasteiger partial charge in [0.05, 0.1) is 19.3 Å². The highest BCUT2D eigenvalue weighted by atomic mass is 16.5. The van der Waals surface area contributed by atoms with E-state index in [-0.39, 0.29) is 6.10 Å². The lowest BCUT2D eigenvalue weighted by Crippen LogP contribution is -2.45. The zero-order valence-electron chi connectivity index (χ0n) is 6.62. The molecule has 1 fully saturated rings. The molecular weight excluding hydrogens is 140 g/mol. The molecule has 0 aromatic carbocycles. The highest BCUT2D eigenvalue weighted by Crippen LogP contribution is 2.02. The van der Waals surface area contributed by atoms with Gasteiger partial charge in [-0.3, -0.25) is 4.90 Å². The molecule has 0 radical (unpaired) electrons. The van der Waals surface area contributed by atoms with Crippen LogP contribution >= 0.6 is 0 Å². The minimum absolute atomic E-state index is 0.178. The van der Waals surface area contributed by atoms with E-state index >= 15 is 0 Å². The molecule has 0 aliphatic carbocycles. The van der Waals surface area contributed by atoms with Gasteiger partial charge in [-0.2, -0.15) is 0 Å². The minimum atomic E-state index is 0.178. The van der Waals surface area contributed by atoms with Crippen molar-refractivity contribution < 1.29 is 4.74 Å². The van der Waals surface area contributed by atoms with E-state index in [1.165, 1.54) is 0 Å². The Hall–Kier alpha value is -0.560. The third-order valence-corrected chi connectivity index (χ3v) is 1.80. The van der Waals surface area contributed by atoms with Crippen molar-refractivity contribution in [1.82, 2.24) is 4.90 Å². The summed E-state index contributed by atoms with van der Waals surface area (Å²) < 4.78 is 5.37. The maximum Gasteiger partial charge on any atom is 0.0824 e. The average Bonchev–Trinajstić information content (AvgIpc) is 2.06. The summed E-state index contributed by atoms with van der Waals surface area (Å²) in [5, 5.41) is 0. The molecule has 0 aromatic rings. The second-order valence-corrected chi connectivity index (χ2v) is 2.67. The fourth-order valence-electron chi connectivity index (χ4n) is 1.20. The molecule has 1 atom stereocenters. The molecule has 0 bridgehead atoms. The van der Waals surface area contributed by atoms with Crippen molar-refractivity contribution in [1.29, 1.82) is 0 Å². The molecule has 2 N–H and O–H groups in total. The lowest BCUT2D eigenvalue weighted by Gasteiger charge is -2.30. The number of terminal acetylenes is 1. The summed E-state index contributed by atoms with van der Waals surface area (Å²) in [4.78, 5) is 2.18. The van der Waals surface area contributed by atoms with Gasteiger partial charge < -0.3 is 10.5 Å². The predicted molar refractivity (Wildman–Crippen MR) is 44.1 cm³/mol. The van der Waals surface area contributed by atoms with Crippen molar-refractivity contribution >= 4 is 0 Å². The van der Waals surface area contributed by atoms with Gasteiger partial charge in [0.1, 0.15) is 0 Å². The van der Waals surface area contributed by atoms with E-state index in [4.69, 9.17) is 16.9 Å². The summed E-state index contributed by atoms with van der Waals surface area (Å²) in [6.45, 7) is 3.85. The van der Waals surface area contributed by atoms with Crippen molar-refractivity contribution in [3.8, 4) is 12.3 Å². The molecule has 1 aliphatic heterocycles. The normalized spacial score (nSPS) is 26.4. The highest BCUT2D eigenvalue weighted by Gasteiger charge is 2.17. The summed E-state index contributed by atoms with van der Waals surface area (Å²) in [6.07, 6.45) is 5.36. The Labute approximate surface area is 67.5 Å². The second kappa shape index (κ2) is 4.35. The van der Waals surface area contributed by atoms with Gasteiger partial charge in [-0.05, 0) is 0 Å². The smallest absolute Gasteiger partial charge is 0.0824 e. The van der Waals surface area contributed by atoms with Crippen LogP contribution in [0.3, 0.4) is 0 Å². The molecule has 3 nitrogen and oxygen atoms in total. The van der Waals surface area contributed by atoms with E-state index in [0.717, 1.165) is 19.7 Å². The van der Waals surface area contributed by atoms with Crippen molar-refractivity contribution in [3.05, 3.63) is 0 Å². The molecule has 1 aliphatic rings. The number of ether oxygens (including phenoxy) is 1. The Bertz CT molecular complexity index is 153. The molecule has 3 heteroatoms. The molecule has 62 valence electrons. The van der Waals surface area contributed by atoms with Crippen molar-refractivity contribution in [2.24, 2.45) is 5.73 Å². The molecular formula is C8H14N2O. The summed E-state index contributed by atoms with van der Waals surface area (Å²) in [5.74, 6) is 2.61. The van der Waals surface area contributed by atoms with Crippen LogP contribution in [0.4, 0.5) is 0 Å². The number of nitrogens with zero attached hydrogens (tertiary/aromatic N) is 1. The van der Waals surface area contributed by atoms with Crippen molar-refractivity contribution in [2.45, 2.75) is 6.10 Å².